The van der Waals surface area contributed by atoms with Gasteiger partial charge in [-0.15, -0.1) is 0 Å². The van der Waals surface area contributed by atoms with Crippen LogP contribution in [-0.4, -0.2) is 59.0 Å². The van der Waals surface area contributed by atoms with E-state index in [1.807, 2.05) is 0 Å². The largest absolute Gasteiger partial charge is 0.325 e. The Bertz CT molecular complexity index is 205. The molecule has 0 amide bonds. The Kier molecular flexibility index (Phi) is 3.18. The molecule has 0 radical (unpaired) electrons. The molecule has 0 aromatic carbocycles. The molecule has 0 spiro atoms. The summed E-state index contributed by atoms with van der Waals surface area (Å²) < 4.78 is 8.20. The molecule has 15 heavy (non-hydrogen) atoms. The summed E-state index contributed by atoms with van der Waals surface area (Å²) in [4.78, 5) is 0. The quantitative estimate of drug-likeness (QED) is 0.617. The van der Waals surface area contributed by atoms with Crippen molar-refractivity contribution in [3.8, 4) is 0 Å². The van der Waals surface area contributed by atoms with Crippen molar-refractivity contribution < 1.29 is 0 Å². The second-order valence-electron chi connectivity index (χ2n) is 6.16. The molecule has 0 aromatic rings. The first-order valence-electron chi connectivity index (χ1n) is 5.68. The maximum absolute atomic E-state index is 2.73. The van der Waals surface area contributed by atoms with E-state index in [0.29, 0.717) is 0 Å². The summed E-state index contributed by atoms with van der Waals surface area (Å²) in [5.41, 5.74) is 0. The first-order chi connectivity index (χ1) is 6.46. The van der Waals surface area contributed by atoms with Gasteiger partial charge in [0.2, 0.25) is 0 Å². The fraction of sp³-hybridized carbons (Fsp3) is 1.00. The van der Waals surface area contributed by atoms with E-state index in [2.05, 4.69) is 73.1 Å². The second kappa shape index (κ2) is 3.51. The summed E-state index contributed by atoms with van der Waals surface area (Å²) in [6, 6.07) is 0. The third kappa shape index (κ3) is 1.71. The molecular formula is C9H27N3Si3. The Morgan fingerprint density at radius 2 is 0.600 bits per heavy atom. The summed E-state index contributed by atoms with van der Waals surface area (Å²) in [5, 5.41) is 0. The van der Waals surface area contributed by atoms with Crippen LogP contribution in [-0.2, 0) is 0 Å². The van der Waals surface area contributed by atoms with Gasteiger partial charge in [-0.25, -0.2) is 0 Å². The van der Waals surface area contributed by atoms with Crippen LogP contribution < -0.4 is 0 Å². The Morgan fingerprint density at radius 1 is 0.467 bits per heavy atom. The van der Waals surface area contributed by atoms with E-state index in [1.165, 1.54) is 0 Å². The lowest BCUT2D eigenvalue weighted by Gasteiger charge is -2.64. The first-order valence-corrected chi connectivity index (χ1v) is 14.4. The van der Waals surface area contributed by atoms with Crippen molar-refractivity contribution in [2.45, 2.75) is 39.3 Å². The van der Waals surface area contributed by atoms with Gasteiger partial charge in [-0.3, -0.25) is 0 Å². The van der Waals surface area contributed by atoms with Gasteiger partial charge < -0.3 is 12.7 Å². The van der Waals surface area contributed by atoms with E-state index < -0.39 is 25.2 Å². The van der Waals surface area contributed by atoms with Crippen LogP contribution in [0, 0.1) is 0 Å². The van der Waals surface area contributed by atoms with Gasteiger partial charge >= 0.3 is 0 Å². The SMILES string of the molecule is CN1[Si](C)(C)N(C)[Si](C)(C)N(C)[Si]1(C)C. The highest BCUT2D eigenvalue weighted by Gasteiger charge is 2.57. The van der Waals surface area contributed by atoms with Crippen LogP contribution in [0.15, 0.2) is 0 Å². The predicted molar refractivity (Wildman–Crippen MR) is 75.7 cm³/mol. The molecule has 0 bridgehead atoms. The molecule has 1 saturated heterocycles. The monoisotopic (exact) mass is 261 g/mol. The van der Waals surface area contributed by atoms with E-state index in [4.69, 9.17) is 0 Å². The minimum Gasteiger partial charge on any atom is -0.325 e. The number of hydrogen-bond acceptors (Lipinski definition) is 3. The zero-order chi connectivity index (χ0) is 12.2. The Hall–Kier alpha value is 0.531. The summed E-state index contributed by atoms with van der Waals surface area (Å²) in [6.45, 7) is 14.9. The van der Waals surface area contributed by atoms with Crippen LogP contribution in [0.1, 0.15) is 0 Å². The van der Waals surface area contributed by atoms with Gasteiger partial charge in [0.25, 0.3) is 0 Å². The van der Waals surface area contributed by atoms with Crippen LogP contribution in [0.2, 0.25) is 39.3 Å². The molecule has 1 aliphatic heterocycles. The summed E-state index contributed by atoms with van der Waals surface area (Å²) >= 11 is 0. The average Bonchev–Trinajstić information content (AvgIpc) is 2.12. The van der Waals surface area contributed by atoms with Crippen LogP contribution in [0.5, 0.6) is 0 Å². The normalized spacial score (nSPS) is 31.8. The van der Waals surface area contributed by atoms with E-state index in [1.54, 1.807) is 0 Å². The van der Waals surface area contributed by atoms with Crippen molar-refractivity contribution in [2.75, 3.05) is 21.1 Å². The van der Waals surface area contributed by atoms with Gasteiger partial charge in [0.05, 0.1) is 0 Å². The summed E-state index contributed by atoms with van der Waals surface area (Å²) in [5.74, 6) is 0. The molecule has 1 rings (SSSR count). The van der Waals surface area contributed by atoms with Crippen LogP contribution >= 0.6 is 0 Å². The number of hydrogen-bond donors (Lipinski definition) is 0. The zero-order valence-corrected chi connectivity index (χ0v) is 14.8. The van der Waals surface area contributed by atoms with Crippen molar-refractivity contribution in [3.05, 3.63) is 0 Å². The van der Waals surface area contributed by atoms with Gasteiger partial charge in [0.1, 0.15) is 0 Å². The Morgan fingerprint density at radius 3 is 0.733 bits per heavy atom. The number of rotatable bonds is 0. The lowest BCUT2D eigenvalue weighted by Crippen LogP contribution is -2.87. The van der Waals surface area contributed by atoms with Gasteiger partial charge in [-0.2, -0.15) is 0 Å². The molecule has 90 valence electrons. The fourth-order valence-corrected chi connectivity index (χ4v) is 23.7. The van der Waals surface area contributed by atoms with Gasteiger partial charge in [-0.1, -0.05) is 0 Å². The second-order valence-corrected chi connectivity index (χ2v) is 20.5. The number of nitrogens with zero attached hydrogens (tertiary/aromatic N) is 3. The van der Waals surface area contributed by atoms with E-state index in [-0.39, 0.29) is 0 Å². The molecule has 6 heteroatoms. The molecule has 1 fully saturated rings. The lowest BCUT2D eigenvalue weighted by molar-refractivity contribution is 0.484. The minimum atomic E-state index is -1.36. The van der Waals surface area contributed by atoms with Gasteiger partial charge in [0, 0.05) is 0 Å². The molecule has 0 N–H and O–H groups in total. The van der Waals surface area contributed by atoms with E-state index >= 15 is 0 Å². The van der Waals surface area contributed by atoms with Gasteiger partial charge in [-0.05, 0) is 60.4 Å². The highest BCUT2D eigenvalue weighted by molar-refractivity contribution is 7.03. The Labute approximate surface area is 98.6 Å². The average molecular weight is 262 g/mol. The zero-order valence-electron chi connectivity index (χ0n) is 11.8. The molecule has 1 aliphatic rings. The summed E-state index contributed by atoms with van der Waals surface area (Å²) in [6.07, 6.45) is 0. The minimum absolute atomic E-state index is 1.36. The van der Waals surface area contributed by atoms with E-state index in [9.17, 15) is 0 Å². The van der Waals surface area contributed by atoms with Crippen molar-refractivity contribution in [2.24, 2.45) is 0 Å². The van der Waals surface area contributed by atoms with Crippen LogP contribution in [0.25, 0.3) is 0 Å². The standard InChI is InChI=1S/C9H27N3Si3/c1-10-13(4,5)11(2)15(8,9)12(3)14(10,6)7/h1-9H3. The third-order valence-corrected chi connectivity index (χ3v) is 24.6. The Balaban J connectivity index is 3.24. The topological polar surface area (TPSA) is 9.72 Å². The fourth-order valence-electron chi connectivity index (χ4n) is 2.68. The summed E-state index contributed by atoms with van der Waals surface area (Å²) in [7, 11) is 2.94. The first kappa shape index (κ1) is 13.6. The van der Waals surface area contributed by atoms with Crippen molar-refractivity contribution in [1.82, 2.24) is 12.7 Å². The molecule has 3 nitrogen and oxygen atoms in total. The van der Waals surface area contributed by atoms with Crippen molar-refractivity contribution in [1.29, 1.82) is 0 Å². The molecular weight excluding hydrogens is 234 g/mol. The molecule has 0 unspecified atom stereocenters. The van der Waals surface area contributed by atoms with Crippen LogP contribution in [0.4, 0.5) is 0 Å². The maximum Gasteiger partial charge on any atom is 0.188 e. The highest BCUT2D eigenvalue weighted by Crippen LogP contribution is 2.34. The maximum atomic E-state index is 2.73. The van der Waals surface area contributed by atoms with Crippen LogP contribution in [0.3, 0.4) is 0 Å². The van der Waals surface area contributed by atoms with Gasteiger partial charge in [0.15, 0.2) is 25.2 Å². The van der Waals surface area contributed by atoms with E-state index in [0.717, 1.165) is 0 Å². The van der Waals surface area contributed by atoms with Crippen molar-refractivity contribution in [3.63, 3.8) is 0 Å². The molecule has 0 saturated carbocycles. The molecule has 0 atom stereocenters. The predicted octanol–water partition coefficient (Wildman–Crippen LogP) is 1.90. The van der Waals surface area contributed by atoms with Crippen molar-refractivity contribution >= 4 is 25.2 Å². The highest BCUT2D eigenvalue weighted by atomic mass is 28.5. The molecule has 0 aromatic heterocycles. The molecule has 0 aliphatic carbocycles. The smallest absolute Gasteiger partial charge is 0.188 e. The molecule has 1 heterocycles. The third-order valence-electron chi connectivity index (χ3n) is 4.92. The lowest BCUT2D eigenvalue weighted by atomic mass is 11.5.